The van der Waals surface area contributed by atoms with Gasteiger partial charge < -0.3 is 10.1 Å². The molecule has 0 spiro atoms. The number of hydrogen-bond donors (Lipinski definition) is 1. The molecule has 0 bridgehead atoms. The van der Waals surface area contributed by atoms with Gasteiger partial charge in [0.15, 0.2) is 5.82 Å². The zero-order valence-corrected chi connectivity index (χ0v) is 14.7. The molecule has 1 aromatic rings. The fourth-order valence-electron chi connectivity index (χ4n) is 2.23. The first kappa shape index (κ1) is 15.9. The molecule has 1 atom stereocenters. The Balaban J connectivity index is 2.30. The lowest BCUT2D eigenvalue weighted by molar-refractivity contribution is 0.0399. The lowest BCUT2D eigenvalue weighted by atomic mass is 10.2. The fourth-order valence-corrected chi connectivity index (χ4v) is 3.05. The highest BCUT2D eigenvalue weighted by molar-refractivity contribution is 14.1. The van der Waals surface area contributed by atoms with Crippen LogP contribution in [0.5, 0.6) is 0 Å². The standard InChI is InChI=1S/C15H24IN3O/c1-4-9-17-14-12(16)11(5-2)18-15(19-14)13(20-6-3)10-7-8-10/h10,13H,4-9H2,1-3H3,(H,17,18,19). The molecule has 0 saturated heterocycles. The maximum absolute atomic E-state index is 5.90. The molecule has 1 aliphatic rings. The van der Waals surface area contributed by atoms with Gasteiger partial charge in [0.05, 0.1) is 9.26 Å². The van der Waals surface area contributed by atoms with Crippen LogP contribution in [0.4, 0.5) is 5.82 Å². The van der Waals surface area contributed by atoms with Gasteiger partial charge in [-0.3, -0.25) is 0 Å². The normalized spacial score (nSPS) is 16.2. The second-order valence-corrected chi connectivity index (χ2v) is 6.26. The van der Waals surface area contributed by atoms with Gasteiger partial charge in [-0.1, -0.05) is 13.8 Å². The third kappa shape index (κ3) is 3.81. The topological polar surface area (TPSA) is 47.0 Å². The lowest BCUT2D eigenvalue weighted by Gasteiger charge is -2.18. The number of rotatable bonds is 8. The summed E-state index contributed by atoms with van der Waals surface area (Å²) in [4.78, 5) is 9.50. The van der Waals surface area contributed by atoms with E-state index in [9.17, 15) is 0 Å². The molecule has 0 radical (unpaired) electrons. The summed E-state index contributed by atoms with van der Waals surface area (Å²) < 4.78 is 7.04. The molecular weight excluding hydrogens is 365 g/mol. The highest BCUT2D eigenvalue weighted by atomic mass is 127. The summed E-state index contributed by atoms with van der Waals surface area (Å²) in [5.41, 5.74) is 1.12. The van der Waals surface area contributed by atoms with Gasteiger partial charge in [0, 0.05) is 13.2 Å². The van der Waals surface area contributed by atoms with Gasteiger partial charge in [-0.05, 0) is 61.1 Å². The van der Waals surface area contributed by atoms with E-state index in [0.717, 1.165) is 46.9 Å². The van der Waals surface area contributed by atoms with Crippen molar-refractivity contribution in [3.05, 3.63) is 15.1 Å². The summed E-state index contributed by atoms with van der Waals surface area (Å²) in [5, 5.41) is 3.42. The van der Waals surface area contributed by atoms with Crippen LogP contribution in [0.1, 0.15) is 57.7 Å². The minimum absolute atomic E-state index is 0.0736. The number of nitrogens with zero attached hydrogens (tertiary/aromatic N) is 2. The van der Waals surface area contributed by atoms with E-state index in [0.29, 0.717) is 5.92 Å². The van der Waals surface area contributed by atoms with E-state index < -0.39 is 0 Å². The Hall–Kier alpha value is -0.430. The first-order chi connectivity index (χ1) is 9.71. The van der Waals surface area contributed by atoms with Gasteiger partial charge in [-0.25, -0.2) is 9.97 Å². The Morgan fingerprint density at radius 3 is 2.60 bits per heavy atom. The van der Waals surface area contributed by atoms with Crippen molar-refractivity contribution < 1.29 is 4.74 Å². The SMILES string of the molecule is CCCNc1nc(C(OCC)C2CC2)nc(CC)c1I. The number of aryl methyl sites for hydroxylation is 1. The van der Waals surface area contributed by atoms with Crippen molar-refractivity contribution in [1.29, 1.82) is 0 Å². The zero-order chi connectivity index (χ0) is 14.5. The molecule has 1 N–H and O–H groups in total. The molecule has 1 fully saturated rings. The van der Waals surface area contributed by atoms with Gasteiger partial charge in [0.25, 0.3) is 0 Å². The Labute approximate surface area is 135 Å². The van der Waals surface area contributed by atoms with Crippen molar-refractivity contribution in [3.63, 3.8) is 0 Å². The molecule has 0 aliphatic heterocycles. The molecule has 1 saturated carbocycles. The molecule has 112 valence electrons. The van der Waals surface area contributed by atoms with Crippen molar-refractivity contribution in [3.8, 4) is 0 Å². The van der Waals surface area contributed by atoms with Crippen molar-refractivity contribution in [2.45, 2.75) is 52.6 Å². The minimum Gasteiger partial charge on any atom is -0.370 e. The van der Waals surface area contributed by atoms with Crippen LogP contribution in [0.3, 0.4) is 0 Å². The first-order valence-corrected chi connectivity index (χ1v) is 8.70. The maximum atomic E-state index is 5.90. The average molecular weight is 389 g/mol. The van der Waals surface area contributed by atoms with Crippen molar-refractivity contribution in [1.82, 2.24) is 9.97 Å². The van der Waals surface area contributed by atoms with Crippen molar-refractivity contribution in [2.75, 3.05) is 18.5 Å². The molecule has 1 unspecified atom stereocenters. The minimum atomic E-state index is 0.0736. The fraction of sp³-hybridized carbons (Fsp3) is 0.733. The van der Waals surface area contributed by atoms with Gasteiger partial charge in [0.1, 0.15) is 11.9 Å². The number of anilines is 1. The highest BCUT2D eigenvalue weighted by Gasteiger charge is 2.35. The summed E-state index contributed by atoms with van der Waals surface area (Å²) in [6.07, 6.45) is 4.56. The van der Waals surface area contributed by atoms with Gasteiger partial charge >= 0.3 is 0 Å². The van der Waals surface area contributed by atoms with Crippen LogP contribution in [-0.2, 0) is 11.2 Å². The van der Waals surface area contributed by atoms with E-state index >= 15 is 0 Å². The number of aromatic nitrogens is 2. The third-order valence-corrected chi connectivity index (χ3v) is 4.60. The molecule has 4 nitrogen and oxygen atoms in total. The van der Waals surface area contributed by atoms with Gasteiger partial charge in [0.2, 0.25) is 0 Å². The first-order valence-electron chi connectivity index (χ1n) is 7.62. The van der Waals surface area contributed by atoms with E-state index in [1.807, 2.05) is 6.92 Å². The number of ether oxygens (including phenoxy) is 1. The molecule has 0 amide bonds. The van der Waals surface area contributed by atoms with Crippen molar-refractivity contribution >= 4 is 28.4 Å². The second-order valence-electron chi connectivity index (χ2n) is 5.18. The smallest absolute Gasteiger partial charge is 0.160 e. The van der Waals surface area contributed by atoms with E-state index in [1.165, 1.54) is 12.8 Å². The number of hydrogen-bond acceptors (Lipinski definition) is 4. The number of halogens is 1. The predicted octanol–water partition coefficient (Wildman–Crippen LogP) is 3.95. The number of nitrogens with one attached hydrogen (secondary N) is 1. The second kappa shape index (κ2) is 7.54. The van der Waals surface area contributed by atoms with Crippen LogP contribution in [0.15, 0.2) is 0 Å². The predicted molar refractivity (Wildman–Crippen MR) is 90.0 cm³/mol. The molecular formula is C15H24IN3O. The molecule has 0 aromatic carbocycles. The van der Waals surface area contributed by atoms with Crippen LogP contribution in [-0.4, -0.2) is 23.1 Å². The van der Waals surface area contributed by atoms with Gasteiger partial charge in [-0.15, -0.1) is 0 Å². The van der Waals surface area contributed by atoms with Crippen molar-refractivity contribution in [2.24, 2.45) is 5.92 Å². The summed E-state index contributed by atoms with van der Waals surface area (Å²) in [7, 11) is 0. The Morgan fingerprint density at radius 1 is 1.30 bits per heavy atom. The van der Waals surface area contributed by atoms with Crippen LogP contribution >= 0.6 is 22.6 Å². The quantitative estimate of drug-likeness (QED) is 0.684. The van der Waals surface area contributed by atoms with E-state index in [4.69, 9.17) is 14.7 Å². The Bertz CT molecular complexity index is 449. The third-order valence-electron chi connectivity index (χ3n) is 3.47. The molecule has 5 heteroatoms. The zero-order valence-electron chi connectivity index (χ0n) is 12.6. The maximum Gasteiger partial charge on any atom is 0.160 e. The van der Waals surface area contributed by atoms with E-state index in [1.54, 1.807) is 0 Å². The van der Waals surface area contributed by atoms with E-state index in [2.05, 4.69) is 41.8 Å². The summed E-state index contributed by atoms with van der Waals surface area (Å²) in [6.45, 7) is 8.01. The van der Waals surface area contributed by atoms with Crippen LogP contribution in [0.25, 0.3) is 0 Å². The molecule has 2 rings (SSSR count). The Kier molecular flexibility index (Phi) is 6.01. The van der Waals surface area contributed by atoms with Gasteiger partial charge in [-0.2, -0.15) is 0 Å². The summed E-state index contributed by atoms with van der Waals surface area (Å²) in [5.74, 6) is 2.45. The molecule has 1 heterocycles. The lowest BCUT2D eigenvalue weighted by Crippen LogP contribution is -2.16. The molecule has 1 aliphatic carbocycles. The summed E-state index contributed by atoms with van der Waals surface area (Å²) in [6, 6.07) is 0. The van der Waals surface area contributed by atoms with Crippen LogP contribution in [0.2, 0.25) is 0 Å². The monoisotopic (exact) mass is 389 g/mol. The van der Waals surface area contributed by atoms with Crippen LogP contribution in [0, 0.1) is 9.49 Å². The largest absolute Gasteiger partial charge is 0.370 e. The molecule has 20 heavy (non-hydrogen) atoms. The highest BCUT2D eigenvalue weighted by Crippen LogP contribution is 2.42. The Morgan fingerprint density at radius 2 is 2.05 bits per heavy atom. The average Bonchev–Trinajstić information content (AvgIpc) is 3.28. The van der Waals surface area contributed by atoms with E-state index in [-0.39, 0.29) is 6.10 Å². The summed E-state index contributed by atoms with van der Waals surface area (Å²) >= 11 is 2.35. The molecule has 1 aromatic heterocycles. The van der Waals surface area contributed by atoms with Crippen LogP contribution < -0.4 is 5.32 Å².